The van der Waals surface area contributed by atoms with Crippen LogP contribution in [0.2, 0.25) is 5.02 Å². The van der Waals surface area contributed by atoms with Gasteiger partial charge in [0, 0.05) is 21.7 Å². The van der Waals surface area contributed by atoms with Crippen LogP contribution in [0.15, 0.2) is 82.3 Å². The average molecular weight is 433 g/mol. The van der Waals surface area contributed by atoms with Gasteiger partial charge in [-0.05, 0) is 42.5 Å². The van der Waals surface area contributed by atoms with Gasteiger partial charge in [-0.1, -0.05) is 41.9 Å². The van der Waals surface area contributed by atoms with Crippen molar-refractivity contribution in [2.45, 2.75) is 0 Å². The van der Waals surface area contributed by atoms with E-state index < -0.39 is 0 Å². The molecule has 1 amide bonds. The van der Waals surface area contributed by atoms with Crippen LogP contribution in [-0.2, 0) is 0 Å². The first-order valence-corrected chi connectivity index (χ1v) is 9.69. The lowest BCUT2D eigenvalue weighted by molar-refractivity contribution is 0.0955. The van der Waals surface area contributed by atoms with Crippen molar-refractivity contribution in [2.75, 3.05) is 7.11 Å². The molecule has 3 aromatic carbocycles. The third-order valence-corrected chi connectivity index (χ3v) is 4.78. The fourth-order valence-corrected chi connectivity index (χ4v) is 3.02. The molecule has 1 N–H and O–H groups in total. The summed E-state index contributed by atoms with van der Waals surface area (Å²) in [6.45, 7) is 0. The van der Waals surface area contributed by atoms with Gasteiger partial charge in [-0.2, -0.15) is 5.10 Å². The predicted molar refractivity (Wildman–Crippen MR) is 118 cm³/mol. The van der Waals surface area contributed by atoms with E-state index in [0.717, 1.165) is 0 Å². The van der Waals surface area contributed by atoms with Gasteiger partial charge in [-0.3, -0.25) is 4.79 Å². The van der Waals surface area contributed by atoms with Gasteiger partial charge in [0.1, 0.15) is 5.75 Å². The molecular weight excluding hydrogens is 416 g/mol. The minimum Gasteiger partial charge on any atom is -0.496 e. The van der Waals surface area contributed by atoms with Crippen molar-refractivity contribution in [2.24, 2.45) is 5.10 Å². The van der Waals surface area contributed by atoms with Gasteiger partial charge in [0.2, 0.25) is 5.89 Å². The second-order valence-corrected chi connectivity index (χ2v) is 6.82. The van der Waals surface area contributed by atoms with Crippen LogP contribution in [0, 0.1) is 0 Å². The summed E-state index contributed by atoms with van der Waals surface area (Å²) >= 11 is 6.06. The van der Waals surface area contributed by atoms with Gasteiger partial charge in [-0.15, -0.1) is 10.2 Å². The molecule has 1 aromatic heterocycles. The summed E-state index contributed by atoms with van der Waals surface area (Å²) in [6, 6.07) is 21.4. The zero-order valence-corrected chi connectivity index (χ0v) is 17.2. The number of para-hydroxylation sites is 1. The molecule has 31 heavy (non-hydrogen) atoms. The van der Waals surface area contributed by atoms with Crippen LogP contribution in [0.1, 0.15) is 15.9 Å². The molecule has 8 heteroatoms. The number of ether oxygens (including phenoxy) is 1. The number of halogens is 1. The summed E-state index contributed by atoms with van der Waals surface area (Å²) < 4.78 is 11.1. The molecule has 0 aliphatic heterocycles. The number of rotatable bonds is 6. The van der Waals surface area contributed by atoms with E-state index in [1.165, 1.54) is 6.21 Å². The molecule has 0 bridgehead atoms. The Morgan fingerprint density at radius 1 is 1.00 bits per heavy atom. The number of nitrogens with one attached hydrogen (secondary N) is 1. The molecule has 4 aromatic rings. The molecule has 4 rings (SSSR count). The Hall–Kier alpha value is -3.97. The fourth-order valence-electron chi connectivity index (χ4n) is 2.84. The largest absolute Gasteiger partial charge is 0.496 e. The van der Waals surface area contributed by atoms with Gasteiger partial charge < -0.3 is 9.15 Å². The maximum Gasteiger partial charge on any atom is 0.271 e. The zero-order valence-electron chi connectivity index (χ0n) is 16.4. The molecule has 0 fully saturated rings. The standard InChI is InChI=1S/C23H17ClN4O3/c1-30-20-9-5-3-7-18(20)23-28-27-22(31-23)16-12-10-15(11-13-16)21(29)26-25-14-17-6-2-4-8-19(17)24/h2-14H,1H3,(H,26,29)/b25-14+. The highest BCUT2D eigenvalue weighted by molar-refractivity contribution is 6.33. The van der Waals surface area contributed by atoms with Gasteiger partial charge in [0.15, 0.2) is 0 Å². The molecule has 0 spiro atoms. The summed E-state index contributed by atoms with van der Waals surface area (Å²) in [5.41, 5.74) is 5.01. The summed E-state index contributed by atoms with van der Waals surface area (Å²) in [4.78, 5) is 12.3. The maximum absolute atomic E-state index is 12.3. The monoisotopic (exact) mass is 432 g/mol. The second-order valence-electron chi connectivity index (χ2n) is 6.41. The van der Waals surface area contributed by atoms with Crippen molar-refractivity contribution in [1.82, 2.24) is 15.6 Å². The van der Waals surface area contributed by atoms with Crippen molar-refractivity contribution in [1.29, 1.82) is 0 Å². The van der Waals surface area contributed by atoms with Crippen LogP contribution in [0.3, 0.4) is 0 Å². The van der Waals surface area contributed by atoms with E-state index in [2.05, 4.69) is 20.7 Å². The van der Waals surface area contributed by atoms with Crippen molar-refractivity contribution < 1.29 is 13.9 Å². The Morgan fingerprint density at radius 2 is 1.71 bits per heavy atom. The minimum atomic E-state index is -0.352. The summed E-state index contributed by atoms with van der Waals surface area (Å²) in [7, 11) is 1.58. The Bertz CT molecular complexity index is 1240. The normalized spacial score (nSPS) is 10.9. The van der Waals surface area contributed by atoms with Gasteiger partial charge >= 0.3 is 0 Å². The Morgan fingerprint density at radius 3 is 2.48 bits per heavy atom. The molecule has 0 saturated heterocycles. The lowest BCUT2D eigenvalue weighted by atomic mass is 10.1. The molecular formula is C23H17ClN4O3. The number of carbonyl (C=O) groups is 1. The van der Waals surface area contributed by atoms with Crippen LogP contribution in [0.5, 0.6) is 5.75 Å². The number of aromatic nitrogens is 2. The van der Waals surface area contributed by atoms with Crippen molar-refractivity contribution >= 4 is 23.7 Å². The molecule has 0 unspecified atom stereocenters. The van der Waals surface area contributed by atoms with Gasteiger partial charge in [-0.25, -0.2) is 5.43 Å². The highest BCUT2D eigenvalue weighted by atomic mass is 35.5. The number of nitrogens with zero attached hydrogens (tertiary/aromatic N) is 3. The Kier molecular flexibility index (Phi) is 6.05. The van der Waals surface area contributed by atoms with Crippen LogP contribution >= 0.6 is 11.6 Å². The quantitative estimate of drug-likeness (QED) is 0.348. The van der Waals surface area contributed by atoms with E-state index in [-0.39, 0.29) is 5.91 Å². The zero-order chi connectivity index (χ0) is 21.6. The molecule has 0 aliphatic carbocycles. The minimum absolute atomic E-state index is 0.338. The average Bonchev–Trinajstić information content (AvgIpc) is 3.30. The van der Waals surface area contributed by atoms with E-state index in [1.807, 2.05) is 36.4 Å². The van der Waals surface area contributed by atoms with Crippen LogP contribution in [-0.4, -0.2) is 29.4 Å². The van der Waals surface area contributed by atoms with E-state index >= 15 is 0 Å². The van der Waals surface area contributed by atoms with E-state index in [9.17, 15) is 4.79 Å². The third-order valence-electron chi connectivity index (χ3n) is 4.43. The molecule has 0 atom stereocenters. The van der Waals surface area contributed by atoms with E-state index in [1.54, 1.807) is 43.5 Å². The lowest BCUT2D eigenvalue weighted by Gasteiger charge is -2.03. The number of hydrazone groups is 1. The molecule has 0 saturated carbocycles. The predicted octanol–water partition coefficient (Wildman–Crippen LogP) is 4.83. The van der Waals surface area contributed by atoms with Crippen LogP contribution in [0.25, 0.3) is 22.9 Å². The maximum atomic E-state index is 12.3. The lowest BCUT2D eigenvalue weighted by Crippen LogP contribution is -2.17. The molecule has 7 nitrogen and oxygen atoms in total. The first-order chi connectivity index (χ1) is 15.2. The molecule has 0 aliphatic rings. The number of amides is 1. The number of hydrogen-bond donors (Lipinski definition) is 1. The van der Waals surface area contributed by atoms with E-state index in [4.69, 9.17) is 20.8 Å². The van der Waals surface area contributed by atoms with Gasteiger partial charge in [0.05, 0.1) is 18.9 Å². The molecule has 154 valence electrons. The highest BCUT2D eigenvalue weighted by Crippen LogP contribution is 2.30. The summed E-state index contributed by atoms with van der Waals surface area (Å²) in [5, 5.41) is 12.7. The first kappa shape index (κ1) is 20.3. The number of benzene rings is 3. The Balaban J connectivity index is 1.45. The second kappa shape index (κ2) is 9.23. The van der Waals surface area contributed by atoms with Crippen molar-refractivity contribution in [3.05, 3.63) is 88.9 Å². The smallest absolute Gasteiger partial charge is 0.271 e. The summed E-state index contributed by atoms with van der Waals surface area (Å²) in [6.07, 6.45) is 1.49. The molecule has 1 heterocycles. The molecule has 0 radical (unpaired) electrons. The SMILES string of the molecule is COc1ccccc1-c1nnc(-c2ccc(C(=O)N/N=C/c3ccccc3Cl)cc2)o1. The van der Waals surface area contributed by atoms with Crippen molar-refractivity contribution in [3.63, 3.8) is 0 Å². The van der Waals surface area contributed by atoms with Crippen LogP contribution < -0.4 is 10.2 Å². The number of hydrogen-bond acceptors (Lipinski definition) is 6. The number of carbonyl (C=O) groups excluding carboxylic acids is 1. The van der Waals surface area contributed by atoms with Gasteiger partial charge in [0.25, 0.3) is 11.8 Å². The number of methoxy groups -OCH3 is 1. The topological polar surface area (TPSA) is 89.6 Å². The fraction of sp³-hybridized carbons (Fsp3) is 0.0435. The summed E-state index contributed by atoms with van der Waals surface area (Å²) in [5.74, 6) is 0.977. The van der Waals surface area contributed by atoms with Crippen LogP contribution in [0.4, 0.5) is 0 Å². The first-order valence-electron chi connectivity index (χ1n) is 9.31. The highest BCUT2D eigenvalue weighted by Gasteiger charge is 2.14. The third kappa shape index (κ3) is 4.62. The van der Waals surface area contributed by atoms with Crippen molar-refractivity contribution in [3.8, 4) is 28.7 Å². The van der Waals surface area contributed by atoms with E-state index in [0.29, 0.717) is 44.8 Å². The Labute approximate surface area is 183 Å².